The summed E-state index contributed by atoms with van der Waals surface area (Å²) in [5.41, 5.74) is 0.452. The fraction of sp³-hybridized carbons (Fsp3) is 0.385. The number of carboxylic acid groups (broad SMARTS) is 1. The van der Waals surface area contributed by atoms with E-state index in [2.05, 4.69) is 5.32 Å². The number of urea groups is 1. The highest BCUT2D eigenvalue weighted by Crippen LogP contribution is 2.25. The number of nitrogens with zero attached hydrogens (tertiary/aromatic N) is 2. The monoisotopic (exact) mass is 279 g/mol. The highest BCUT2D eigenvalue weighted by Gasteiger charge is 2.36. The first-order chi connectivity index (χ1) is 9.56. The highest BCUT2D eigenvalue weighted by atomic mass is 19.1. The topological polar surface area (TPSA) is 72.9 Å². The van der Waals surface area contributed by atoms with Crippen LogP contribution in [0, 0.1) is 5.82 Å². The van der Waals surface area contributed by atoms with E-state index < -0.39 is 11.8 Å². The quantitative estimate of drug-likeness (QED) is 0.837. The number of carboxylic acids is 1. The lowest BCUT2D eigenvalue weighted by Gasteiger charge is -2.38. The molecule has 1 unspecified atom stereocenters. The van der Waals surface area contributed by atoms with Crippen molar-refractivity contribution < 1.29 is 19.1 Å². The van der Waals surface area contributed by atoms with Crippen molar-refractivity contribution in [1.29, 1.82) is 0 Å². The third-order valence-electron chi connectivity index (χ3n) is 3.76. The molecule has 20 heavy (non-hydrogen) atoms. The summed E-state index contributed by atoms with van der Waals surface area (Å²) in [6.07, 6.45) is 0. The normalized spacial score (nSPS) is 21.6. The zero-order chi connectivity index (χ0) is 14.3. The zero-order valence-electron chi connectivity index (χ0n) is 10.7. The van der Waals surface area contributed by atoms with Crippen molar-refractivity contribution in [3.8, 4) is 0 Å². The van der Waals surface area contributed by atoms with E-state index in [0.29, 0.717) is 31.9 Å². The van der Waals surface area contributed by atoms with Crippen molar-refractivity contribution in [1.82, 2.24) is 10.2 Å². The summed E-state index contributed by atoms with van der Waals surface area (Å²) in [4.78, 5) is 26.4. The molecule has 2 fully saturated rings. The number of rotatable bonds is 2. The average Bonchev–Trinajstić information content (AvgIpc) is 2.80. The Morgan fingerprint density at radius 2 is 2.20 bits per heavy atom. The van der Waals surface area contributed by atoms with Crippen molar-refractivity contribution in [3.05, 3.63) is 29.6 Å². The fourth-order valence-corrected chi connectivity index (χ4v) is 2.78. The van der Waals surface area contributed by atoms with Gasteiger partial charge >= 0.3 is 12.0 Å². The lowest BCUT2D eigenvalue weighted by atomic mass is 10.1. The Balaban J connectivity index is 1.87. The minimum Gasteiger partial charge on any atom is -0.478 e. The summed E-state index contributed by atoms with van der Waals surface area (Å²) >= 11 is 0. The third kappa shape index (κ3) is 2.04. The summed E-state index contributed by atoms with van der Waals surface area (Å²) in [7, 11) is 0. The summed E-state index contributed by atoms with van der Waals surface area (Å²) in [5.74, 6) is -1.72. The van der Waals surface area contributed by atoms with Gasteiger partial charge in [0.05, 0.1) is 17.3 Å². The van der Waals surface area contributed by atoms with Crippen LogP contribution in [0.3, 0.4) is 0 Å². The number of nitrogens with one attached hydrogen (secondary N) is 1. The van der Waals surface area contributed by atoms with Gasteiger partial charge in [0.1, 0.15) is 5.82 Å². The van der Waals surface area contributed by atoms with Gasteiger partial charge in [-0.15, -0.1) is 0 Å². The number of aromatic carboxylic acids is 1. The number of piperazine rings is 1. The molecule has 1 aromatic rings. The van der Waals surface area contributed by atoms with E-state index in [0.717, 1.165) is 6.07 Å². The van der Waals surface area contributed by atoms with Crippen LogP contribution in [0.4, 0.5) is 14.9 Å². The van der Waals surface area contributed by atoms with Crippen LogP contribution in [0.15, 0.2) is 18.2 Å². The predicted molar refractivity (Wildman–Crippen MR) is 69.5 cm³/mol. The van der Waals surface area contributed by atoms with Crippen LogP contribution in [-0.4, -0.2) is 54.2 Å². The van der Waals surface area contributed by atoms with E-state index in [-0.39, 0.29) is 17.6 Å². The first-order valence-electron chi connectivity index (χ1n) is 6.38. The first-order valence-corrected chi connectivity index (χ1v) is 6.38. The van der Waals surface area contributed by atoms with Crippen molar-refractivity contribution in [2.75, 3.05) is 31.1 Å². The van der Waals surface area contributed by atoms with Gasteiger partial charge in [-0.3, -0.25) is 0 Å². The second-order valence-corrected chi connectivity index (χ2v) is 4.95. The van der Waals surface area contributed by atoms with Crippen LogP contribution in [-0.2, 0) is 0 Å². The molecule has 2 saturated heterocycles. The number of anilines is 1. The largest absolute Gasteiger partial charge is 0.478 e. The number of carbonyl (C=O) groups is 2. The molecule has 0 bridgehead atoms. The van der Waals surface area contributed by atoms with Gasteiger partial charge in [-0.05, 0) is 18.2 Å². The van der Waals surface area contributed by atoms with Crippen LogP contribution in [0.1, 0.15) is 10.4 Å². The van der Waals surface area contributed by atoms with Gasteiger partial charge in [-0.25, -0.2) is 14.0 Å². The number of fused-ring (bicyclic) bond motifs is 1. The van der Waals surface area contributed by atoms with Gasteiger partial charge in [0.15, 0.2) is 0 Å². The highest BCUT2D eigenvalue weighted by molar-refractivity contribution is 5.94. The molecule has 106 valence electrons. The summed E-state index contributed by atoms with van der Waals surface area (Å²) in [5, 5.41) is 11.9. The molecular formula is C13H14FN3O3. The number of benzene rings is 1. The average molecular weight is 279 g/mol. The standard InChI is InChI=1S/C13H14FN3O3/c14-8-1-2-11(10(5-8)12(18)19)16-3-4-17-9(7-16)6-15-13(17)20/h1-2,5,9H,3-4,6-7H2,(H,15,20)(H,18,19). The Morgan fingerprint density at radius 1 is 1.40 bits per heavy atom. The Kier molecular flexibility index (Phi) is 2.96. The van der Waals surface area contributed by atoms with Gasteiger partial charge in [0, 0.05) is 26.2 Å². The summed E-state index contributed by atoms with van der Waals surface area (Å²) in [6, 6.07) is 3.72. The predicted octanol–water partition coefficient (Wildman–Crippen LogP) is 0.738. The van der Waals surface area contributed by atoms with E-state index in [1.54, 1.807) is 4.90 Å². The van der Waals surface area contributed by atoms with Gasteiger partial charge in [-0.2, -0.15) is 0 Å². The number of hydrogen-bond acceptors (Lipinski definition) is 3. The maximum absolute atomic E-state index is 13.2. The lowest BCUT2D eigenvalue weighted by Crippen LogP contribution is -2.52. The van der Waals surface area contributed by atoms with E-state index >= 15 is 0 Å². The molecule has 0 radical (unpaired) electrons. The van der Waals surface area contributed by atoms with Gasteiger partial charge in [0.2, 0.25) is 0 Å². The van der Waals surface area contributed by atoms with Gasteiger partial charge in [0.25, 0.3) is 0 Å². The molecule has 0 saturated carbocycles. The number of carbonyl (C=O) groups excluding carboxylic acids is 1. The molecule has 3 rings (SSSR count). The lowest BCUT2D eigenvalue weighted by molar-refractivity contribution is 0.0696. The van der Waals surface area contributed by atoms with E-state index in [1.165, 1.54) is 12.1 Å². The SMILES string of the molecule is O=C(O)c1cc(F)ccc1N1CCN2C(=O)NCC2C1. The molecule has 7 heteroatoms. The third-order valence-corrected chi connectivity index (χ3v) is 3.76. The molecule has 2 aliphatic heterocycles. The molecule has 1 aromatic carbocycles. The van der Waals surface area contributed by atoms with Crippen molar-refractivity contribution >= 4 is 17.7 Å². The zero-order valence-corrected chi connectivity index (χ0v) is 10.7. The van der Waals surface area contributed by atoms with Crippen LogP contribution in [0.5, 0.6) is 0 Å². The second kappa shape index (κ2) is 4.66. The molecule has 0 aliphatic carbocycles. The minimum absolute atomic E-state index is 0.0305. The maximum atomic E-state index is 13.2. The van der Waals surface area contributed by atoms with Crippen molar-refractivity contribution in [2.24, 2.45) is 0 Å². The second-order valence-electron chi connectivity index (χ2n) is 4.95. The molecule has 0 aromatic heterocycles. The fourth-order valence-electron chi connectivity index (χ4n) is 2.78. The first kappa shape index (κ1) is 12.7. The Bertz CT molecular complexity index is 578. The van der Waals surface area contributed by atoms with Crippen LogP contribution < -0.4 is 10.2 Å². The minimum atomic E-state index is -1.15. The number of halogens is 1. The van der Waals surface area contributed by atoms with Crippen molar-refractivity contribution in [3.63, 3.8) is 0 Å². The Hall–Kier alpha value is -2.31. The maximum Gasteiger partial charge on any atom is 0.337 e. The molecule has 2 aliphatic rings. The molecule has 1 atom stereocenters. The molecule has 2 heterocycles. The number of hydrogen-bond donors (Lipinski definition) is 2. The smallest absolute Gasteiger partial charge is 0.337 e. The molecule has 6 nitrogen and oxygen atoms in total. The summed E-state index contributed by atoms with van der Waals surface area (Å²) in [6.45, 7) is 2.17. The van der Waals surface area contributed by atoms with E-state index in [9.17, 15) is 19.1 Å². The summed E-state index contributed by atoms with van der Waals surface area (Å²) < 4.78 is 13.2. The van der Waals surface area contributed by atoms with Crippen LogP contribution in [0.25, 0.3) is 0 Å². The Morgan fingerprint density at radius 3 is 2.95 bits per heavy atom. The van der Waals surface area contributed by atoms with Crippen LogP contribution in [0.2, 0.25) is 0 Å². The van der Waals surface area contributed by atoms with Crippen LogP contribution >= 0.6 is 0 Å². The van der Waals surface area contributed by atoms with Gasteiger partial charge in [-0.1, -0.05) is 0 Å². The molecule has 0 spiro atoms. The van der Waals surface area contributed by atoms with E-state index in [4.69, 9.17) is 0 Å². The van der Waals surface area contributed by atoms with Crippen molar-refractivity contribution in [2.45, 2.75) is 6.04 Å². The molecular weight excluding hydrogens is 265 g/mol. The Labute approximate surface area is 114 Å². The molecule has 2 amide bonds. The van der Waals surface area contributed by atoms with Gasteiger partial charge < -0.3 is 20.2 Å². The number of amides is 2. The molecule has 2 N–H and O–H groups in total. The van der Waals surface area contributed by atoms with E-state index in [1.807, 2.05) is 4.90 Å².